The van der Waals surface area contributed by atoms with E-state index in [1.165, 1.54) is 0 Å². The van der Waals surface area contributed by atoms with E-state index in [0.29, 0.717) is 25.9 Å². The Balaban J connectivity index is 1.71. The maximum Gasteiger partial charge on any atom is 0.239 e. The van der Waals surface area contributed by atoms with Crippen molar-refractivity contribution in [3.8, 4) is 0 Å². The molecule has 2 fully saturated rings. The Morgan fingerprint density at radius 2 is 2.22 bits per heavy atom. The minimum Gasteiger partial charge on any atom is -0.354 e. The van der Waals surface area contributed by atoms with Crippen molar-refractivity contribution in [3.63, 3.8) is 0 Å². The van der Waals surface area contributed by atoms with Gasteiger partial charge in [-0.2, -0.15) is 0 Å². The lowest BCUT2D eigenvalue weighted by Crippen LogP contribution is -2.39. The Labute approximate surface area is 107 Å². The summed E-state index contributed by atoms with van der Waals surface area (Å²) in [7, 11) is -2.89. The van der Waals surface area contributed by atoms with Gasteiger partial charge in [0.15, 0.2) is 9.84 Å². The smallest absolute Gasteiger partial charge is 0.239 e. The number of sulfone groups is 1. The fraction of sp³-hybridized carbons (Fsp3) is 0.818. The van der Waals surface area contributed by atoms with E-state index in [0.717, 1.165) is 6.42 Å². The van der Waals surface area contributed by atoms with Crippen molar-refractivity contribution >= 4 is 21.7 Å². The maximum absolute atomic E-state index is 11.6. The zero-order chi connectivity index (χ0) is 13.2. The van der Waals surface area contributed by atoms with E-state index in [4.69, 9.17) is 0 Å². The summed E-state index contributed by atoms with van der Waals surface area (Å²) in [5, 5.41) is 2.71. The second-order valence-electron chi connectivity index (χ2n) is 4.99. The first-order valence-corrected chi connectivity index (χ1v) is 8.03. The number of nitrogens with one attached hydrogen (secondary N) is 1. The van der Waals surface area contributed by atoms with Crippen molar-refractivity contribution in [1.82, 2.24) is 10.2 Å². The van der Waals surface area contributed by atoms with Gasteiger partial charge in [-0.1, -0.05) is 0 Å². The van der Waals surface area contributed by atoms with Gasteiger partial charge < -0.3 is 10.2 Å². The van der Waals surface area contributed by atoms with Gasteiger partial charge in [0, 0.05) is 19.5 Å². The third kappa shape index (κ3) is 3.44. The molecule has 0 bridgehead atoms. The fourth-order valence-corrected chi connectivity index (χ4v) is 4.25. The van der Waals surface area contributed by atoms with E-state index in [1.54, 1.807) is 4.90 Å². The average molecular weight is 274 g/mol. The number of carbonyl (C=O) groups excluding carboxylic acids is 2. The second kappa shape index (κ2) is 5.26. The molecule has 2 rings (SSSR count). The van der Waals surface area contributed by atoms with Crippen LogP contribution in [0.5, 0.6) is 0 Å². The van der Waals surface area contributed by atoms with Crippen LogP contribution in [0.25, 0.3) is 0 Å². The number of carbonyl (C=O) groups is 2. The van der Waals surface area contributed by atoms with Crippen LogP contribution in [0.2, 0.25) is 0 Å². The number of rotatable bonds is 4. The van der Waals surface area contributed by atoms with E-state index in [-0.39, 0.29) is 35.8 Å². The second-order valence-corrected chi connectivity index (χ2v) is 7.22. The van der Waals surface area contributed by atoms with Crippen molar-refractivity contribution < 1.29 is 18.0 Å². The Morgan fingerprint density at radius 3 is 2.78 bits per heavy atom. The highest BCUT2D eigenvalue weighted by Gasteiger charge is 2.28. The lowest BCUT2D eigenvalue weighted by atomic mass is 10.1. The minimum atomic E-state index is -2.89. The van der Waals surface area contributed by atoms with Crippen LogP contribution >= 0.6 is 0 Å². The van der Waals surface area contributed by atoms with Gasteiger partial charge in [-0.05, 0) is 18.8 Å². The first kappa shape index (κ1) is 13.3. The highest BCUT2D eigenvalue weighted by Crippen LogP contribution is 2.17. The van der Waals surface area contributed by atoms with E-state index in [2.05, 4.69) is 5.32 Å². The van der Waals surface area contributed by atoms with Crippen LogP contribution in [0.1, 0.15) is 19.3 Å². The van der Waals surface area contributed by atoms with Crippen molar-refractivity contribution in [2.45, 2.75) is 19.3 Å². The zero-order valence-electron chi connectivity index (χ0n) is 10.2. The zero-order valence-corrected chi connectivity index (χ0v) is 11.0. The third-order valence-electron chi connectivity index (χ3n) is 3.42. The predicted octanol–water partition coefficient (Wildman–Crippen LogP) is -0.840. The molecule has 2 aliphatic rings. The van der Waals surface area contributed by atoms with Crippen molar-refractivity contribution in [3.05, 3.63) is 0 Å². The van der Waals surface area contributed by atoms with Gasteiger partial charge in [0.05, 0.1) is 18.1 Å². The molecule has 7 heteroatoms. The molecule has 1 atom stereocenters. The molecule has 2 heterocycles. The largest absolute Gasteiger partial charge is 0.354 e. The fourth-order valence-electron chi connectivity index (χ4n) is 2.39. The third-order valence-corrected chi connectivity index (χ3v) is 5.26. The van der Waals surface area contributed by atoms with Crippen molar-refractivity contribution in [2.75, 3.05) is 31.1 Å². The molecule has 0 aromatic rings. The van der Waals surface area contributed by atoms with Crippen molar-refractivity contribution in [1.29, 1.82) is 0 Å². The van der Waals surface area contributed by atoms with Crippen LogP contribution in [0.4, 0.5) is 0 Å². The summed E-state index contributed by atoms with van der Waals surface area (Å²) < 4.78 is 22.5. The molecule has 1 N–H and O–H groups in total. The summed E-state index contributed by atoms with van der Waals surface area (Å²) in [6, 6.07) is 0. The van der Waals surface area contributed by atoms with Gasteiger partial charge in [-0.25, -0.2) is 8.42 Å². The highest BCUT2D eigenvalue weighted by molar-refractivity contribution is 7.91. The van der Waals surface area contributed by atoms with Crippen LogP contribution in [0.15, 0.2) is 0 Å². The Kier molecular flexibility index (Phi) is 3.89. The lowest BCUT2D eigenvalue weighted by molar-refractivity contribution is -0.133. The van der Waals surface area contributed by atoms with Crippen LogP contribution in [-0.4, -0.2) is 56.3 Å². The standard InChI is InChI=1S/C11H18N2O4S/c14-10(7-13-4-1-2-11(13)15)12-6-9-3-5-18(16,17)8-9/h9H,1-8H2,(H,12,14)/t9-/m1/s1. The Bertz CT molecular complexity index is 446. The average Bonchev–Trinajstić information content (AvgIpc) is 2.83. The summed E-state index contributed by atoms with van der Waals surface area (Å²) in [5.41, 5.74) is 0. The molecule has 0 unspecified atom stereocenters. The summed E-state index contributed by atoms with van der Waals surface area (Å²) >= 11 is 0. The number of nitrogens with zero attached hydrogens (tertiary/aromatic N) is 1. The molecule has 2 aliphatic heterocycles. The van der Waals surface area contributed by atoms with Crippen LogP contribution < -0.4 is 5.32 Å². The highest BCUT2D eigenvalue weighted by atomic mass is 32.2. The van der Waals surface area contributed by atoms with Gasteiger partial charge in [0.25, 0.3) is 0 Å². The summed E-state index contributed by atoms with van der Waals surface area (Å²) in [6.07, 6.45) is 1.95. The normalized spacial score (nSPS) is 26.6. The van der Waals surface area contributed by atoms with E-state index >= 15 is 0 Å². The van der Waals surface area contributed by atoms with E-state index < -0.39 is 9.84 Å². The Hall–Kier alpha value is -1.11. The van der Waals surface area contributed by atoms with E-state index in [1.807, 2.05) is 0 Å². The molecular formula is C11H18N2O4S. The SMILES string of the molecule is O=C(CN1CCCC1=O)NC[C@H]1CCS(=O)(=O)C1. The lowest BCUT2D eigenvalue weighted by Gasteiger charge is -2.16. The van der Waals surface area contributed by atoms with Crippen LogP contribution in [0.3, 0.4) is 0 Å². The van der Waals surface area contributed by atoms with Gasteiger partial charge in [-0.15, -0.1) is 0 Å². The number of hydrogen-bond donors (Lipinski definition) is 1. The van der Waals surface area contributed by atoms with Gasteiger partial charge in [-0.3, -0.25) is 9.59 Å². The molecule has 0 aliphatic carbocycles. The van der Waals surface area contributed by atoms with Gasteiger partial charge >= 0.3 is 0 Å². The monoisotopic (exact) mass is 274 g/mol. The molecule has 0 spiro atoms. The molecular weight excluding hydrogens is 256 g/mol. The topological polar surface area (TPSA) is 83.6 Å². The first-order chi connectivity index (χ1) is 8.46. The molecule has 102 valence electrons. The first-order valence-electron chi connectivity index (χ1n) is 6.21. The summed E-state index contributed by atoms with van der Waals surface area (Å²) in [6.45, 7) is 1.13. The molecule has 0 radical (unpaired) electrons. The van der Waals surface area contributed by atoms with E-state index in [9.17, 15) is 18.0 Å². The predicted molar refractivity (Wildman–Crippen MR) is 65.6 cm³/mol. The number of hydrogen-bond acceptors (Lipinski definition) is 4. The molecule has 2 saturated heterocycles. The molecule has 2 amide bonds. The van der Waals surface area contributed by atoms with Crippen LogP contribution in [-0.2, 0) is 19.4 Å². The minimum absolute atomic E-state index is 0.0215. The molecule has 6 nitrogen and oxygen atoms in total. The molecule has 0 aromatic carbocycles. The Morgan fingerprint density at radius 1 is 1.44 bits per heavy atom. The molecule has 0 saturated carbocycles. The summed E-state index contributed by atoms with van der Waals surface area (Å²) in [5.74, 6) is 0.227. The molecule has 18 heavy (non-hydrogen) atoms. The quantitative estimate of drug-likeness (QED) is 0.724. The summed E-state index contributed by atoms with van der Waals surface area (Å²) in [4.78, 5) is 24.5. The number of amides is 2. The van der Waals surface area contributed by atoms with Gasteiger partial charge in [0.1, 0.15) is 0 Å². The van der Waals surface area contributed by atoms with Crippen molar-refractivity contribution in [2.24, 2.45) is 5.92 Å². The number of likely N-dealkylation sites (tertiary alicyclic amines) is 1. The maximum atomic E-state index is 11.6. The van der Waals surface area contributed by atoms with Crippen LogP contribution in [0, 0.1) is 5.92 Å². The van der Waals surface area contributed by atoms with Gasteiger partial charge in [0.2, 0.25) is 11.8 Å². The molecule has 0 aromatic heterocycles.